The third-order valence-corrected chi connectivity index (χ3v) is 5.49. The molecule has 1 aromatic carbocycles. The molecule has 0 aromatic heterocycles. The summed E-state index contributed by atoms with van der Waals surface area (Å²) in [5, 5.41) is 2.77. The Morgan fingerprint density at radius 1 is 1.33 bits per heavy atom. The molecule has 0 saturated carbocycles. The molecule has 1 aliphatic rings. The van der Waals surface area contributed by atoms with E-state index in [9.17, 15) is 13.2 Å². The molecule has 1 saturated heterocycles. The average Bonchev–Trinajstić information content (AvgIpc) is 2.67. The van der Waals surface area contributed by atoms with E-state index in [1.165, 1.54) is 11.8 Å². The van der Waals surface area contributed by atoms with E-state index in [-0.39, 0.29) is 23.5 Å². The van der Waals surface area contributed by atoms with Gasteiger partial charge in [-0.05, 0) is 18.6 Å². The first-order valence-corrected chi connectivity index (χ1v) is 8.53. The molecule has 0 radical (unpaired) electrons. The molecule has 1 aliphatic heterocycles. The van der Waals surface area contributed by atoms with E-state index in [0.717, 1.165) is 4.90 Å². The maximum absolute atomic E-state index is 11.7. The third kappa shape index (κ3) is 4.03. The fourth-order valence-electron chi connectivity index (χ4n) is 1.84. The lowest BCUT2D eigenvalue weighted by atomic mass is 10.3. The van der Waals surface area contributed by atoms with Gasteiger partial charge in [-0.3, -0.25) is 4.79 Å². The van der Waals surface area contributed by atoms with Crippen molar-refractivity contribution in [3.63, 3.8) is 0 Å². The van der Waals surface area contributed by atoms with Crippen molar-refractivity contribution in [3.05, 3.63) is 30.3 Å². The van der Waals surface area contributed by atoms with Crippen LogP contribution in [0, 0.1) is 0 Å². The van der Waals surface area contributed by atoms with Crippen molar-refractivity contribution in [1.29, 1.82) is 0 Å². The number of thioether (sulfide) groups is 1. The van der Waals surface area contributed by atoms with Gasteiger partial charge in [-0.2, -0.15) is 0 Å². The van der Waals surface area contributed by atoms with E-state index in [1.807, 2.05) is 30.3 Å². The molecule has 18 heavy (non-hydrogen) atoms. The normalized spacial score (nSPS) is 21.7. The van der Waals surface area contributed by atoms with E-state index < -0.39 is 9.84 Å². The highest BCUT2D eigenvalue weighted by atomic mass is 32.2. The van der Waals surface area contributed by atoms with Crippen LogP contribution in [0.4, 0.5) is 0 Å². The predicted octanol–water partition coefficient (Wildman–Crippen LogP) is 1.08. The van der Waals surface area contributed by atoms with Crippen LogP contribution in [0.1, 0.15) is 6.42 Å². The smallest absolute Gasteiger partial charge is 0.230 e. The monoisotopic (exact) mass is 285 g/mol. The van der Waals surface area contributed by atoms with Crippen LogP contribution in [0.25, 0.3) is 0 Å². The van der Waals surface area contributed by atoms with Gasteiger partial charge >= 0.3 is 0 Å². The van der Waals surface area contributed by atoms with Crippen molar-refractivity contribution in [3.8, 4) is 0 Å². The van der Waals surface area contributed by atoms with Crippen molar-refractivity contribution in [2.24, 2.45) is 0 Å². The van der Waals surface area contributed by atoms with Gasteiger partial charge in [-0.15, -0.1) is 11.8 Å². The van der Waals surface area contributed by atoms with Crippen molar-refractivity contribution in [2.45, 2.75) is 17.4 Å². The molecule has 98 valence electrons. The number of rotatable bonds is 4. The first-order chi connectivity index (χ1) is 8.55. The van der Waals surface area contributed by atoms with Crippen LogP contribution in [0.15, 0.2) is 35.2 Å². The molecule has 1 aromatic rings. The lowest BCUT2D eigenvalue weighted by Gasteiger charge is -2.10. The second-order valence-electron chi connectivity index (χ2n) is 4.27. The van der Waals surface area contributed by atoms with Gasteiger partial charge in [-0.25, -0.2) is 8.42 Å². The SMILES string of the molecule is O=C(CSc1ccccc1)NC1CCS(=O)(=O)C1. The van der Waals surface area contributed by atoms with E-state index in [1.54, 1.807) is 0 Å². The minimum Gasteiger partial charge on any atom is -0.352 e. The number of sulfone groups is 1. The van der Waals surface area contributed by atoms with Gasteiger partial charge < -0.3 is 5.32 Å². The number of hydrogen-bond acceptors (Lipinski definition) is 4. The van der Waals surface area contributed by atoms with E-state index >= 15 is 0 Å². The molecule has 1 heterocycles. The fourth-order valence-corrected chi connectivity index (χ4v) is 4.25. The standard InChI is InChI=1S/C12H15NO3S2/c14-12(8-17-11-4-2-1-3-5-11)13-10-6-7-18(15,16)9-10/h1-5,10H,6-9H2,(H,13,14). The van der Waals surface area contributed by atoms with E-state index in [0.29, 0.717) is 12.2 Å². The van der Waals surface area contributed by atoms with Crippen molar-refractivity contribution in [1.82, 2.24) is 5.32 Å². The topological polar surface area (TPSA) is 63.2 Å². The zero-order valence-corrected chi connectivity index (χ0v) is 11.5. The van der Waals surface area contributed by atoms with Gasteiger partial charge in [0.05, 0.1) is 17.3 Å². The lowest BCUT2D eigenvalue weighted by molar-refractivity contribution is -0.119. The molecule has 2 rings (SSSR count). The minimum atomic E-state index is -2.93. The average molecular weight is 285 g/mol. The maximum Gasteiger partial charge on any atom is 0.230 e. The molecule has 1 unspecified atom stereocenters. The van der Waals surface area contributed by atoms with Crippen molar-refractivity contribution >= 4 is 27.5 Å². The van der Waals surface area contributed by atoms with Crippen LogP contribution >= 0.6 is 11.8 Å². The Bertz CT molecular complexity index is 513. The number of benzene rings is 1. The van der Waals surface area contributed by atoms with Crippen LogP contribution < -0.4 is 5.32 Å². The summed E-state index contributed by atoms with van der Waals surface area (Å²) in [7, 11) is -2.93. The van der Waals surface area contributed by atoms with Crippen LogP contribution in [-0.2, 0) is 14.6 Å². The Balaban J connectivity index is 1.76. The second kappa shape index (κ2) is 5.75. The molecule has 1 amide bonds. The third-order valence-electron chi connectivity index (χ3n) is 2.71. The van der Waals surface area contributed by atoms with E-state index in [2.05, 4.69) is 5.32 Å². The van der Waals surface area contributed by atoms with Crippen LogP contribution in [0.5, 0.6) is 0 Å². The molecule has 0 aliphatic carbocycles. The first-order valence-electron chi connectivity index (χ1n) is 5.73. The molecule has 0 bridgehead atoms. The highest BCUT2D eigenvalue weighted by molar-refractivity contribution is 8.00. The van der Waals surface area contributed by atoms with Crippen molar-refractivity contribution < 1.29 is 13.2 Å². The lowest BCUT2D eigenvalue weighted by Crippen LogP contribution is -2.36. The summed E-state index contributed by atoms with van der Waals surface area (Å²) in [6.07, 6.45) is 0.532. The Morgan fingerprint density at radius 3 is 2.67 bits per heavy atom. The number of amides is 1. The molecule has 1 atom stereocenters. The predicted molar refractivity (Wildman–Crippen MR) is 72.4 cm³/mol. The summed E-state index contributed by atoms with van der Waals surface area (Å²) < 4.78 is 22.5. The van der Waals surface area contributed by atoms with Crippen LogP contribution in [0.2, 0.25) is 0 Å². The largest absolute Gasteiger partial charge is 0.352 e. The first kappa shape index (κ1) is 13.4. The molecule has 6 heteroatoms. The summed E-state index contributed by atoms with van der Waals surface area (Å²) in [5.41, 5.74) is 0. The number of carbonyl (C=O) groups excluding carboxylic acids is 1. The summed E-state index contributed by atoms with van der Waals surface area (Å²) in [4.78, 5) is 12.7. The quantitative estimate of drug-likeness (QED) is 0.841. The zero-order chi connectivity index (χ0) is 13.0. The zero-order valence-electron chi connectivity index (χ0n) is 9.83. The Kier molecular flexibility index (Phi) is 4.29. The molecule has 4 nitrogen and oxygen atoms in total. The summed E-state index contributed by atoms with van der Waals surface area (Å²) >= 11 is 1.45. The minimum absolute atomic E-state index is 0.0781. The molecular weight excluding hydrogens is 270 g/mol. The highest BCUT2D eigenvalue weighted by Gasteiger charge is 2.28. The molecule has 1 N–H and O–H groups in total. The van der Waals surface area contributed by atoms with Gasteiger partial charge in [0.2, 0.25) is 5.91 Å². The van der Waals surface area contributed by atoms with Gasteiger partial charge in [0, 0.05) is 10.9 Å². The summed E-state index contributed by atoms with van der Waals surface area (Å²) in [6.45, 7) is 0. The van der Waals surface area contributed by atoms with E-state index in [4.69, 9.17) is 0 Å². The fraction of sp³-hybridized carbons (Fsp3) is 0.417. The number of hydrogen-bond donors (Lipinski definition) is 1. The number of carbonyl (C=O) groups is 1. The van der Waals surface area contributed by atoms with Gasteiger partial charge in [0.15, 0.2) is 9.84 Å². The number of nitrogens with one attached hydrogen (secondary N) is 1. The molecule has 1 fully saturated rings. The highest BCUT2D eigenvalue weighted by Crippen LogP contribution is 2.17. The second-order valence-corrected chi connectivity index (χ2v) is 7.55. The molecular formula is C12H15NO3S2. The van der Waals surface area contributed by atoms with Crippen LogP contribution in [0.3, 0.4) is 0 Å². The van der Waals surface area contributed by atoms with Gasteiger partial charge in [-0.1, -0.05) is 18.2 Å². The van der Waals surface area contributed by atoms with Gasteiger partial charge in [0.25, 0.3) is 0 Å². The Hall–Kier alpha value is -1.01. The maximum atomic E-state index is 11.7. The molecule has 0 spiro atoms. The Labute approximate surface area is 111 Å². The van der Waals surface area contributed by atoms with Gasteiger partial charge in [0.1, 0.15) is 0 Å². The van der Waals surface area contributed by atoms with Crippen LogP contribution in [-0.4, -0.2) is 37.6 Å². The van der Waals surface area contributed by atoms with Crippen molar-refractivity contribution in [2.75, 3.05) is 17.3 Å². The Morgan fingerprint density at radius 2 is 2.06 bits per heavy atom. The summed E-state index contributed by atoms with van der Waals surface area (Å²) in [6, 6.07) is 9.44. The summed E-state index contributed by atoms with van der Waals surface area (Å²) in [5.74, 6) is 0.477.